The summed E-state index contributed by atoms with van der Waals surface area (Å²) in [5.74, 6) is 1.16. The first-order valence-corrected chi connectivity index (χ1v) is 10.1. The fourth-order valence-corrected chi connectivity index (χ4v) is 4.90. The van der Waals surface area contributed by atoms with Crippen molar-refractivity contribution in [2.24, 2.45) is 0 Å². The number of rotatable bonds is 3. The average Bonchev–Trinajstić information content (AvgIpc) is 3.07. The summed E-state index contributed by atoms with van der Waals surface area (Å²) in [7, 11) is 0. The number of hydrogen-bond donors (Lipinski definition) is 2. The Morgan fingerprint density at radius 2 is 2.06 bits per heavy atom. The van der Waals surface area contributed by atoms with Gasteiger partial charge in [0.05, 0.1) is 5.69 Å². The van der Waals surface area contributed by atoms with Gasteiger partial charge in [-0.2, -0.15) is 0 Å². The predicted octanol–water partition coefficient (Wildman–Crippen LogP) is 3.13. The number of hydrogen-bond acceptors (Lipinski definition) is 6. The van der Waals surface area contributed by atoms with Gasteiger partial charge in [0.2, 0.25) is 0 Å². The highest BCUT2D eigenvalue weighted by Gasteiger charge is 2.44. The number of nitrogens with two attached hydrogens (primary N) is 1. The van der Waals surface area contributed by atoms with Gasteiger partial charge in [-0.1, -0.05) is 0 Å². The lowest BCUT2D eigenvalue weighted by molar-refractivity contribution is 0.137. The van der Waals surface area contributed by atoms with Gasteiger partial charge < -0.3 is 10.7 Å². The van der Waals surface area contributed by atoms with Crippen LogP contribution in [0.25, 0.3) is 11.4 Å². The third-order valence-electron chi connectivity index (χ3n) is 6.21. The molecule has 0 bridgehead atoms. The fourth-order valence-electron chi connectivity index (χ4n) is 4.90. The van der Waals surface area contributed by atoms with Crippen LogP contribution in [0.4, 0.5) is 5.82 Å². The first-order chi connectivity index (χ1) is 14.1. The topological polar surface area (TPSA) is 101 Å². The van der Waals surface area contributed by atoms with E-state index in [9.17, 15) is 4.79 Å². The Hall–Kier alpha value is -2.48. The summed E-state index contributed by atoms with van der Waals surface area (Å²) in [6.45, 7) is 2.78. The van der Waals surface area contributed by atoms with E-state index in [2.05, 4.69) is 19.9 Å². The molecule has 9 heteroatoms. The van der Waals surface area contributed by atoms with E-state index in [4.69, 9.17) is 10.7 Å². The molecule has 1 spiro atoms. The second-order valence-electron chi connectivity index (χ2n) is 8.17. The number of aromatic nitrogens is 4. The van der Waals surface area contributed by atoms with Crippen molar-refractivity contribution in [3.63, 3.8) is 0 Å². The highest BCUT2D eigenvalue weighted by atomic mass is 35.5. The molecular weight excluding hydrogens is 435 g/mol. The summed E-state index contributed by atoms with van der Waals surface area (Å²) >= 11 is 0. The van der Waals surface area contributed by atoms with Crippen molar-refractivity contribution in [1.82, 2.24) is 24.8 Å². The van der Waals surface area contributed by atoms with E-state index in [0.29, 0.717) is 11.6 Å². The van der Waals surface area contributed by atoms with Crippen LogP contribution in [0.1, 0.15) is 36.1 Å². The number of pyridine rings is 2. The van der Waals surface area contributed by atoms with Crippen LogP contribution in [0.3, 0.4) is 0 Å². The number of halogens is 2. The second-order valence-corrected chi connectivity index (χ2v) is 8.17. The number of nitrogens with one attached hydrogen (secondary N) is 1. The van der Waals surface area contributed by atoms with Crippen LogP contribution in [0, 0.1) is 0 Å². The Balaban J connectivity index is 0.00000136. The zero-order valence-corrected chi connectivity index (χ0v) is 18.7. The quantitative estimate of drug-likeness (QED) is 0.622. The van der Waals surface area contributed by atoms with Crippen molar-refractivity contribution in [1.29, 1.82) is 0 Å². The maximum Gasteiger partial charge on any atom is 0.254 e. The lowest BCUT2D eigenvalue weighted by Gasteiger charge is -2.40. The molecule has 7 nitrogen and oxygen atoms in total. The van der Waals surface area contributed by atoms with E-state index in [1.54, 1.807) is 18.6 Å². The van der Waals surface area contributed by atoms with Crippen LogP contribution in [0.2, 0.25) is 0 Å². The van der Waals surface area contributed by atoms with Crippen molar-refractivity contribution < 1.29 is 0 Å². The monoisotopic (exact) mass is 460 g/mol. The highest BCUT2D eigenvalue weighted by Crippen LogP contribution is 2.43. The molecule has 3 aromatic heterocycles. The third kappa shape index (κ3) is 4.44. The van der Waals surface area contributed by atoms with Crippen molar-refractivity contribution in [3.05, 3.63) is 70.0 Å². The lowest BCUT2D eigenvalue weighted by atomic mass is 9.77. The zero-order valence-electron chi connectivity index (χ0n) is 17.1. The molecule has 0 radical (unpaired) electrons. The Bertz CT molecular complexity index is 1110. The van der Waals surface area contributed by atoms with E-state index < -0.39 is 0 Å². The number of fused-ring (bicyclic) bond motifs is 2. The van der Waals surface area contributed by atoms with Gasteiger partial charge in [-0.05, 0) is 62.1 Å². The van der Waals surface area contributed by atoms with Crippen LogP contribution in [0.5, 0.6) is 0 Å². The molecule has 3 N–H and O–H groups in total. The van der Waals surface area contributed by atoms with Gasteiger partial charge in [-0.25, -0.2) is 9.97 Å². The standard InChI is InChI=1S/C22H24N6O.2ClH/c23-18-11-15(5-9-25-18)13-28-10-2-6-22(14-28)7-4-17-19(22)26-20(27-21(17)29)16-3-1-8-24-12-16;;/h1,3,5,8-9,11-12H,2,4,6-7,10,13-14H2,(H2,23,25)(H,26,27,29);2*1H. The summed E-state index contributed by atoms with van der Waals surface area (Å²) in [5.41, 5.74) is 9.63. The molecule has 1 aliphatic heterocycles. The summed E-state index contributed by atoms with van der Waals surface area (Å²) in [6.07, 6.45) is 9.16. The zero-order chi connectivity index (χ0) is 19.8. The van der Waals surface area contributed by atoms with Crippen LogP contribution in [0.15, 0.2) is 47.7 Å². The number of aromatic amines is 1. The first-order valence-electron chi connectivity index (χ1n) is 10.1. The number of piperidine rings is 1. The molecule has 1 saturated heterocycles. The predicted molar refractivity (Wildman–Crippen MR) is 126 cm³/mol. The van der Waals surface area contributed by atoms with Crippen molar-refractivity contribution >= 4 is 30.6 Å². The normalized spacial score (nSPS) is 20.0. The molecule has 1 fully saturated rings. The largest absolute Gasteiger partial charge is 0.384 e. The fraction of sp³-hybridized carbons (Fsp3) is 0.364. The summed E-state index contributed by atoms with van der Waals surface area (Å²) in [6, 6.07) is 7.75. The second kappa shape index (κ2) is 9.34. The molecule has 31 heavy (non-hydrogen) atoms. The molecule has 0 saturated carbocycles. The Morgan fingerprint density at radius 1 is 1.19 bits per heavy atom. The molecule has 0 amide bonds. The summed E-state index contributed by atoms with van der Waals surface area (Å²) in [5, 5.41) is 0. The number of nitrogen functional groups attached to an aromatic ring is 1. The lowest BCUT2D eigenvalue weighted by Crippen LogP contribution is -2.45. The number of H-pyrrole nitrogens is 1. The van der Waals surface area contributed by atoms with Crippen LogP contribution in [-0.4, -0.2) is 37.9 Å². The van der Waals surface area contributed by atoms with E-state index in [1.807, 2.05) is 24.3 Å². The maximum absolute atomic E-state index is 12.8. The molecule has 3 aromatic rings. The smallest absolute Gasteiger partial charge is 0.254 e. The van der Waals surface area contributed by atoms with Gasteiger partial charge in [0.15, 0.2) is 0 Å². The van der Waals surface area contributed by atoms with Gasteiger partial charge in [0.1, 0.15) is 11.6 Å². The molecule has 1 atom stereocenters. The molecule has 5 rings (SSSR count). The number of nitrogens with zero attached hydrogens (tertiary/aromatic N) is 4. The molecule has 2 aliphatic rings. The Labute approximate surface area is 193 Å². The first kappa shape index (κ1) is 23.2. The minimum absolute atomic E-state index is 0. The van der Waals surface area contributed by atoms with Crippen LogP contribution >= 0.6 is 24.8 Å². The van der Waals surface area contributed by atoms with Crippen LogP contribution in [-0.2, 0) is 18.4 Å². The summed E-state index contributed by atoms with van der Waals surface area (Å²) in [4.78, 5) is 31.4. The maximum atomic E-state index is 12.8. The molecule has 0 aromatic carbocycles. The van der Waals surface area contributed by atoms with Gasteiger partial charge in [-0.3, -0.25) is 14.7 Å². The van der Waals surface area contributed by atoms with Crippen molar-refractivity contribution in [2.75, 3.05) is 18.8 Å². The van der Waals surface area contributed by atoms with E-state index in [1.165, 1.54) is 5.56 Å². The molecule has 1 aliphatic carbocycles. The van der Waals surface area contributed by atoms with Gasteiger partial charge in [0.25, 0.3) is 5.56 Å². The van der Waals surface area contributed by atoms with Crippen molar-refractivity contribution in [2.45, 2.75) is 37.6 Å². The molecule has 4 heterocycles. The average molecular weight is 461 g/mol. The van der Waals surface area contributed by atoms with Crippen molar-refractivity contribution in [3.8, 4) is 11.4 Å². The van der Waals surface area contributed by atoms with Crippen LogP contribution < -0.4 is 11.3 Å². The van der Waals surface area contributed by atoms with E-state index in [-0.39, 0.29) is 35.8 Å². The SMILES string of the molecule is Cl.Cl.Nc1cc(CN2CCCC3(CCc4c3nc(-c3cccnc3)[nH]c4=O)C2)ccn1. The molecule has 1 unspecified atom stereocenters. The Kier molecular flexibility index (Phi) is 6.99. The molecular formula is C22H26Cl2N6O. The van der Waals surface area contributed by atoms with Gasteiger partial charge in [0, 0.05) is 48.2 Å². The number of likely N-dealkylation sites (tertiary alicyclic amines) is 1. The highest BCUT2D eigenvalue weighted by molar-refractivity contribution is 5.85. The minimum atomic E-state index is -0.0582. The summed E-state index contributed by atoms with van der Waals surface area (Å²) < 4.78 is 0. The third-order valence-corrected chi connectivity index (χ3v) is 6.21. The Morgan fingerprint density at radius 3 is 2.84 bits per heavy atom. The van der Waals surface area contributed by atoms with Gasteiger partial charge >= 0.3 is 0 Å². The van der Waals surface area contributed by atoms with E-state index in [0.717, 1.165) is 62.1 Å². The van der Waals surface area contributed by atoms with Gasteiger partial charge in [-0.15, -0.1) is 24.8 Å². The minimum Gasteiger partial charge on any atom is -0.384 e. The number of anilines is 1. The molecule has 164 valence electrons. The van der Waals surface area contributed by atoms with E-state index >= 15 is 0 Å².